The molecule has 4 heterocycles. The molecule has 0 aromatic heterocycles. The molecular formula is C20H20O8. The van der Waals surface area contributed by atoms with Gasteiger partial charge in [0, 0.05) is 24.7 Å². The van der Waals surface area contributed by atoms with Crippen LogP contribution in [-0.4, -0.2) is 43.5 Å². The number of fused-ring (bicyclic) bond motifs is 3. The Kier molecular flexibility index (Phi) is 3.57. The van der Waals surface area contributed by atoms with Crippen molar-refractivity contribution >= 4 is 17.5 Å². The number of cyclic esters (lactones) is 1. The van der Waals surface area contributed by atoms with Crippen LogP contribution in [0.3, 0.4) is 0 Å². The second-order valence-electron chi connectivity index (χ2n) is 7.58. The average molecular weight is 388 g/mol. The summed E-state index contributed by atoms with van der Waals surface area (Å²) in [6.07, 6.45) is 0.892. The Labute approximate surface area is 161 Å². The Balaban J connectivity index is 1.66. The van der Waals surface area contributed by atoms with E-state index >= 15 is 0 Å². The molecule has 0 saturated carbocycles. The van der Waals surface area contributed by atoms with E-state index in [0.29, 0.717) is 17.1 Å². The molecule has 4 aliphatic rings. The lowest BCUT2D eigenvalue weighted by Crippen LogP contribution is -2.56. The van der Waals surface area contributed by atoms with Crippen molar-refractivity contribution in [3.8, 4) is 11.5 Å². The number of hydrogen-bond donors (Lipinski definition) is 0. The van der Waals surface area contributed by atoms with Crippen molar-refractivity contribution in [2.24, 2.45) is 11.8 Å². The summed E-state index contributed by atoms with van der Waals surface area (Å²) in [7, 11) is 1.40. The van der Waals surface area contributed by atoms with Gasteiger partial charge in [0.1, 0.15) is 11.7 Å². The minimum absolute atomic E-state index is 0.0899. The van der Waals surface area contributed by atoms with Crippen LogP contribution in [0, 0.1) is 11.8 Å². The van der Waals surface area contributed by atoms with E-state index in [9.17, 15) is 9.59 Å². The summed E-state index contributed by atoms with van der Waals surface area (Å²) in [4.78, 5) is 24.7. The highest BCUT2D eigenvalue weighted by Gasteiger charge is 2.66. The van der Waals surface area contributed by atoms with Crippen LogP contribution in [0.15, 0.2) is 24.3 Å². The van der Waals surface area contributed by atoms with E-state index in [-0.39, 0.29) is 31.0 Å². The van der Waals surface area contributed by atoms with Crippen LogP contribution < -0.4 is 9.47 Å². The van der Waals surface area contributed by atoms with Gasteiger partial charge < -0.3 is 23.7 Å². The van der Waals surface area contributed by atoms with Gasteiger partial charge in [-0.05, 0) is 17.7 Å². The number of benzene rings is 1. The second-order valence-corrected chi connectivity index (χ2v) is 7.58. The normalized spacial score (nSPS) is 38.2. The quantitative estimate of drug-likeness (QED) is 0.727. The first-order chi connectivity index (χ1) is 13.4. The summed E-state index contributed by atoms with van der Waals surface area (Å²) in [5, 5.41) is 0. The first-order valence-corrected chi connectivity index (χ1v) is 9.18. The fraction of sp³-hybridized carbons (Fsp3) is 0.500. The van der Waals surface area contributed by atoms with E-state index < -0.39 is 23.6 Å². The van der Waals surface area contributed by atoms with Crippen LogP contribution in [0.2, 0.25) is 0 Å². The number of methoxy groups -OCH3 is 1. The number of carbonyl (C=O) groups is 2. The summed E-state index contributed by atoms with van der Waals surface area (Å²) in [5.74, 6) is -1.68. The Morgan fingerprint density at radius 1 is 1.14 bits per heavy atom. The number of rotatable bonds is 3. The molecule has 1 aromatic carbocycles. The van der Waals surface area contributed by atoms with E-state index in [4.69, 9.17) is 28.4 Å². The van der Waals surface area contributed by atoms with Crippen molar-refractivity contribution in [3.63, 3.8) is 0 Å². The maximum atomic E-state index is 12.5. The van der Waals surface area contributed by atoms with Crippen LogP contribution in [-0.2, 0) is 28.5 Å². The molecule has 2 saturated heterocycles. The Morgan fingerprint density at radius 2 is 1.93 bits per heavy atom. The summed E-state index contributed by atoms with van der Waals surface area (Å²) in [5.41, 5.74) is 0.209. The SMILES string of the molecule is CO[C@]12C=C(c3ccc4c(c3)OCO4)[C@](C3OC(=O)[C@@H](C)[C@H]3C)(CC(=O)O1)O2. The number of esters is 2. The van der Waals surface area contributed by atoms with Gasteiger partial charge in [-0.25, -0.2) is 0 Å². The van der Waals surface area contributed by atoms with E-state index in [1.165, 1.54) is 7.11 Å². The molecule has 5 atom stereocenters. The topological polar surface area (TPSA) is 89.5 Å². The van der Waals surface area contributed by atoms with Crippen LogP contribution in [0.4, 0.5) is 0 Å². The largest absolute Gasteiger partial charge is 0.458 e. The fourth-order valence-electron chi connectivity index (χ4n) is 4.41. The molecule has 2 fully saturated rings. The van der Waals surface area contributed by atoms with E-state index in [0.717, 1.165) is 5.56 Å². The molecule has 148 valence electrons. The molecule has 28 heavy (non-hydrogen) atoms. The zero-order valence-corrected chi connectivity index (χ0v) is 15.7. The molecule has 1 unspecified atom stereocenters. The lowest BCUT2D eigenvalue weighted by atomic mass is 9.76. The molecule has 8 nitrogen and oxygen atoms in total. The van der Waals surface area contributed by atoms with Gasteiger partial charge in [0.15, 0.2) is 11.5 Å². The Hall–Kier alpha value is -2.58. The zero-order chi connectivity index (χ0) is 19.7. The first-order valence-electron chi connectivity index (χ1n) is 9.18. The zero-order valence-electron chi connectivity index (χ0n) is 15.7. The standard InChI is InChI=1S/C20H20O8/c1-10-11(2)18(22)26-17(10)19-8-16(21)27-20(23-3,28-19)7-13(19)12-4-5-14-15(6-12)25-9-24-14/h4-7,10-11,17H,8-9H2,1-3H3/t10-,11+,17?,19+,20-/m1/s1. The Bertz CT molecular complexity index is 907. The molecule has 0 N–H and O–H groups in total. The highest BCUT2D eigenvalue weighted by molar-refractivity contribution is 5.87. The molecule has 1 aromatic rings. The number of hydrogen-bond acceptors (Lipinski definition) is 8. The highest BCUT2D eigenvalue weighted by atomic mass is 16.9. The third-order valence-electron chi connectivity index (χ3n) is 6.07. The number of ether oxygens (including phenoxy) is 6. The first kappa shape index (κ1) is 17.5. The summed E-state index contributed by atoms with van der Waals surface area (Å²) in [6, 6.07) is 5.46. The van der Waals surface area contributed by atoms with Gasteiger partial charge in [0.2, 0.25) is 6.79 Å². The summed E-state index contributed by atoms with van der Waals surface area (Å²) >= 11 is 0. The van der Waals surface area contributed by atoms with Crippen molar-refractivity contribution in [2.45, 2.75) is 37.9 Å². The van der Waals surface area contributed by atoms with Gasteiger partial charge in [0.25, 0.3) is 0 Å². The van der Waals surface area contributed by atoms with Crippen LogP contribution in [0.5, 0.6) is 11.5 Å². The van der Waals surface area contributed by atoms with Gasteiger partial charge in [-0.2, -0.15) is 0 Å². The van der Waals surface area contributed by atoms with Crippen LogP contribution in [0.1, 0.15) is 25.8 Å². The molecule has 0 spiro atoms. The smallest absolute Gasteiger partial charge is 0.352 e. The van der Waals surface area contributed by atoms with Crippen molar-refractivity contribution in [3.05, 3.63) is 29.8 Å². The van der Waals surface area contributed by atoms with Crippen molar-refractivity contribution in [1.29, 1.82) is 0 Å². The van der Waals surface area contributed by atoms with Gasteiger partial charge >= 0.3 is 17.9 Å². The maximum absolute atomic E-state index is 12.5. The van der Waals surface area contributed by atoms with Crippen molar-refractivity contribution in [2.75, 3.05) is 13.9 Å². The van der Waals surface area contributed by atoms with Gasteiger partial charge in [-0.15, -0.1) is 0 Å². The monoisotopic (exact) mass is 388 g/mol. The van der Waals surface area contributed by atoms with Crippen LogP contribution >= 0.6 is 0 Å². The number of carbonyl (C=O) groups excluding carboxylic acids is 2. The van der Waals surface area contributed by atoms with E-state index in [1.807, 2.05) is 26.0 Å². The fourth-order valence-corrected chi connectivity index (χ4v) is 4.41. The predicted molar refractivity (Wildman–Crippen MR) is 93.0 cm³/mol. The lowest BCUT2D eigenvalue weighted by Gasteiger charge is -2.43. The van der Waals surface area contributed by atoms with Crippen LogP contribution in [0.25, 0.3) is 5.57 Å². The molecule has 8 heteroatoms. The molecule has 0 aliphatic carbocycles. The van der Waals surface area contributed by atoms with Crippen molar-refractivity contribution < 1.29 is 38.0 Å². The third kappa shape index (κ3) is 2.24. The summed E-state index contributed by atoms with van der Waals surface area (Å²) in [6.45, 7) is 3.88. The molecule has 0 amide bonds. The molecule has 4 aliphatic heterocycles. The summed E-state index contributed by atoms with van der Waals surface area (Å²) < 4.78 is 33.6. The molecule has 5 rings (SSSR count). The average Bonchev–Trinajstić information content (AvgIpc) is 3.32. The predicted octanol–water partition coefficient (Wildman–Crippen LogP) is 2.01. The van der Waals surface area contributed by atoms with E-state index in [1.54, 1.807) is 12.1 Å². The molecular weight excluding hydrogens is 368 g/mol. The minimum atomic E-state index is -1.65. The van der Waals surface area contributed by atoms with Gasteiger partial charge in [0.05, 0.1) is 12.3 Å². The third-order valence-corrected chi connectivity index (χ3v) is 6.07. The second kappa shape index (κ2) is 5.71. The lowest BCUT2D eigenvalue weighted by molar-refractivity contribution is -0.368. The van der Waals surface area contributed by atoms with Gasteiger partial charge in [-0.1, -0.05) is 19.9 Å². The minimum Gasteiger partial charge on any atom is -0.458 e. The van der Waals surface area contributed by atoms with E-state index in [2.05, 4.69) is 0 Å². The van der Waals surface area contributed by atoms with Crippen molar-refractivity contribution in [1.82, 2.24) is 0 Å². The highest BCUT2D eigenvalue weighted by Crippen LogP contribution is 2.55. The maximum Gasteiger partial charge on any atom is 0.352 e. The molecule has 2 bridgehead atoms. The van der Waals surface area contributed by atoms with Gasteiger partial charge in [-0.3, -0.25) is 14.3 Å². The Morgan fingerprint density at radius 3 is 2.64 bits per heavy atom. The molecule has 0 radical (unpaired) electrons.